The van der Waals surface area contributed by atoms with Gasteiger partial charge in [0.15, 0.2) is 9.50 Å². The smallest absolute Gasteiger partial charge is 0.189 e. The van der Waals surface area contributed by atoms with Crippen molar-refractivity contribution in [3.63, 3.8) is 0 Å². The van der Waals surface area contributed by atoms with Gasteiger partial charge in [-0.25, -0.2) is 15.0 Å². The van der Waals surface area contributed by atoms with E-state index in [0.29, 0.717) is 26.5 Å². The van der Waals surface area contributed by atoms with Crippen molar-refractivity contribution in [2.75, 3.05) is 0 Å². The number of nitrogens with zero attached hydrogens (tertiary/aromatic N) is 4. The second kappa shape index (κ2) is 9.63. The third kappa shape index (κ3) is 5.02. The van der Waals surface area contributed by atoms with Crippen LogP contribution in [0.3, 0.4) is 0 Å². The molecule has 0 unspecified atom stereocenters. The normalized spacial score (nSPS) is 10.7. The molecule has 0 atom stereocenters. The van der Waals surface area contributed by atoms with Crippen LogP contribution in [0.4, 0.5) is 0 Å². The first-order chi connectivity index (χ1) is 14.6. The highest BCUT2D eigenvalue weighted by molar-refractivity contribution is 8.01. The molecule has 2 heterocycles. The lowest BCUT2D eigenvalue weighted by atomic mass is 10.1. The Kier molecular flexibility index (Phi) is 6.70. The van der Waals surface area contributed by atoms with Crippen LogP contribution in [-0.2, 0) is 5.75 Å². The van der Waals surface area contributed by atoms with Gasteiger partial charge in [0.05, 0.1) is 5.69 Å². The summed E-state index contributed by atoms with van der Waals surface area (Å²) in [7, 11) is 0. The molecule has 0 N–H and O–H groups in total. The minimum absolute atomic E-state index is 0.442. The molecule has 8 heteroatoms. The van der Waals surface area contributed by atoms with Gasteiger partial charge in [-0.3, -0.25) is 0 Å². The van der Waals surface area contributed by atoms with Crippen LogP contribution in [0.25, 0.3) is 11.3 Å². The standard InChI is InChI=1S/C22H15ClN4S3/c1-14-2-4-15(5-3-14)13-29-21-26-19(16-6-8-17(23)9-7-16)18(12-24)20(27-21)30-22-25-10-11-28-22/h2-11H,13H2,1H3. The number of benzene rings is 2. The molecular formula is C22H15ClN4S3. The molecule has 0 amide bonds. The van der Waals surface area contributed by atoms with Gasteiger partial charge in [-0.15, -0.1) is 11.3 Å². The number of thioether (sulfide) groups is 1. The highest BCUT2D eigenvalue weighted by atomic mass is 35.5. The monoisotopic (exact) mass is 466 g/mol. The molecule has 4 nitrogen and oxygen atoms in total. The fourth-order valence-electron chi connectivity index (χ4n) is 2.65. The molecule has 148 valence electrons. The molecule has 0 spiro atoms. The van der Waals surface area contributed by atoms with Crippen molar-refractivity contribution in [1.29, 1.82) is 5.26 Å². The Labute approximate surface area is 192 Å². The maximum atomic E-state index is 9.88. The van der Waals surface area contributed by atoms with Crippen molar-refractivity contribution in [1.82, 2.24) is 15.0 Å². The molecule has 30 heavy (non-hydrogen) atoms. The molecule has 0 aliphatic carbocycles. The van der Waals surface area contributed by atoms with Crippen molar-refractivity contribution >= 4 is 46.5 Å². The second-order valence-corrected chi connectivity index (χ2v) is 9.84. The summed E-state index contributed by atoms with van der Waals surface area (Å²) in [6.45, 7) is 2.07. The zero-order valence-electron chi connectivity index (χ0n) is 15.9. The van der Waals surface area contributed by atoms with E-state index in [1.54, 1.807) is 30.1 Å². The average molecular weight is 467 g/mol. The van der Waals surface area contributed by atoms with Gasteiger partial charge in [-0.2, -0.15) is 5.26 Å². The van der Waals surface area contributed by atoms with Crippen LogP contribution in [0, 0.1) is 18.3 Å². The topological polar surface area (TPSA) is 62.5 Å². The first-order valence-corrected chi connectivity index (χ1v) is 12.0. The van der Waals surface area contributed by atoms with Gasteiger partial charge in [0.1, 0.15) is 16.7 Å². The van der Waals surface area contributed by atoms with Crippen LogP contribution in [0.2, 0.25) is 5.02 Å². The summed E-state index contributed by atoms with van der Waals surface area (Å²) in [6, 6.07) is 18.0. The van der Waals surface area contributed by atoms with E-state index in [1.165, 1.54) is 34.2 Å². The van der Waals surface area contributed by atoms with Gasteiger partial charge in [-0.05, 0) is 36.4 Å². The summed E-state index contributed by atoms with van der Waals surface area (Å²) in [4.78, 5) is 13.7. The molecule has 4 rings (SSSR count). The Bertz CT molecular complexity index is 1190. The van der Waals surface area contributed by atoms with Crippen molar-refractivity contribution in [3.05, 3.63) is 81.8 Å². The highest BCUT2D eigenvalue weighted by Gasteiger charge is 2.18. The lowest BCUT2D eigenvalue weighted by Gasteiger charge is -2.10. The number of nitriles is 1. The number of thiazole rings is 1. The molecule has 0 aliphatic rings. The minimum Gasteiger partial charge on any atom is -0.238 e. The van der Waals surface area contributed by atoms with Crippen LogP contribution in [0.1, 0.15) is 16.7 Å². The van der Waals surface area contributed by atoms with E-state index in [2.05, 4.69) is 47.2 Å². The third-order valence-corrected chi connectivity index (χ3v) is 7.21. The number of hydrogen-bond donors (Lipinski definition) is 0. The van der Waals surface area contributed by atoms with Crippen LogP contribution < -0.4 is 0 Å². The number of halogens is 1. The van der Waals surface area contributed by atoms with Gasteiger partial charge >= 0.3 is 0 Å². The zero-order chi connectivity index (χ0) is 20.9. The van der Waals surface area contributed by atoms with E-state index < -0.39 is 0 Å². The SMILES string of the molecule is Cc1ccc(CSc2nc(Sc3nccs3)c(C#N)c(-c3ccc(Cl)cc3)n2)cc1. The molecule has 0 radical (unpaired) electrons. The average Bonchev–Trinajstić information content (AvgIpc) is 3.27. The fourth-order valence-corrected chi connectivity index (χ4v) is 5.25. The van der Waals surface area contributed by atoms with Crippen LogP contribution in [0.5, 0.6) is 0 Å². The molecule has 0 bridgehead atoms. The molecule has 0 saturated carbocycles. The summed E-state index contributed by atoms with van der Waals surface area (Å²) in [5.74, 6) is 0.744. The molecular weight excluding hydrogens is 452 g/mol. The van der Waals surface area contributed by atoms with Crippen LogP contribution >= 0.6 is 46.5 Å². The third-order valence-electron chi connectivity index (χ3n) is 4.17. The summed E-state index contributed by atoms with van der Waals surface area (Å²) in [5, 5.41) is 13.7. The summed E-state index contributed by atoms with van der Waals surface area (Å²) < 4.78 is 0.835. The largest absolute Gasteiger partial charge is 0.238 e. The molecule has 4 aromatic rings. The number of aryl methyl sites for hydroxylation is 1. The minimum atomic E-state index is 0.442. The molecule has 0 aliphatic heterocycles. The van der Waals surface area contributed by atoms with E-state index in [-0.39, 0.29) is 0 Å². The van der Waals surface area contributed by atoms with Crippen molar-refractivity contribution < 1.29 is 0 Å². The lowest BCUT2D eigenvalue weighted by Crippen LogP contribution is -1.99. The number of aromatic nitrogens is 3. The summed E-state index contributed by atoms with van der Waals surface area (Å²) >= 11 is 10.5. The first-order valence-electron chi connectivity index (χ1n) is 8.96. The Morgan fingerprint density at radius 3 is 2.50 bits per heavy atom. The predicted octanol–water partition coefficient (Wildman–Crippen LogP) is 6.88. The van der Waals surface area contributed by atoms with Crippen molar-refractivity contribution in [2.24, 2.45) is 0 Å². The Hall–Kier alpha value is -2.37. The first kappa shape index (κ1) is 20.9. The quantitative estimate of drug-likeness (QED) is 0.175. The zero-order valence-corrected chi connectivity index (χ0v) is 19.1. The number of hydrogen-bond acceptors (Lipinski definition) is 7. The van der Waals surface area contributed by atoms with Crippen LogP contribution in [-0.4, -0.2) is 15.0 Å². The van der Waals surface area contributed by atoms with Crippen LogP contribution in [0.15, 0.2) is 74.6 Å². The Morgan fingerprint density at radius 2 is 1.83 bits per heavy atom. The van der Waals surface area contributed by atoms with Gasteiger partial charge in [-0.1, -0.05) is 65.3 Å². The Balaban J connectivity index is 1.73. The van der Waals surface area contributed by atoms with E-state index in [1.807, 2.05) is 17.5 Å². The van der Waals surface area contributed by atoms with E-state index in [0.717, 1.165) is 15.7 Å². The molecule has 0 saturated heterocycles. The fraction of sp³-hybridized carbons (Fsp3) is 0.0909. The van der Waals surface area contributed by atoms with Gasteiger partial charge in [0, 0.05) is 27.9 Å². The van der Waals surface area contributed by atoms with Crippen molar-refractivity contribution in [3.8, 4) is 17.3 Å². The molecule has 2 aromatic carbocycles. The van der Waals surface area contributed by atoms with Crippen molar-refractivity contribution in [2.45, 2.75) is 27.2 Å². The van der Waals surface area contributed by atoms with E-state index >= 15 is 0 Å². The predicted molar refractivity (Wildman–Crippen MR) is 124 cm³/mol. The van der Waals surface area contributed by atoms with Gasteiger partial charge < -0.3 is 0 Å². The summed E-state index contributed by atoms with van der Waals surface area (Å²) in [5.41, 5.74) is 4.30. The lowest BCUT2D eigenvalue weighted by molar-refractivity contribution is 0.887. The number of rotatable bonds is 6. The van der Waals surface area contributed by atoms with E-state index in [9.17, 15) is 5.26 Å². The Morgan fingerprint density at radius 1 is 1.07 bits per heavy atom. The van der Waals surface area contributed by atoms with Gasteiger partial charge in [0.25, 0.3) is 0 Å². The maximum absolute atomic E-state index is 9.88. The molecule has 2 aromatic heterocycles. The highest BCUT2D eigenvalue weighted by Crippen LogP contribution is 2.36. The van der Waals surface area contributed by atoms with E-state index in [4.69, 9.17) is 16.6 Å². The van der Waals surface area contributed by atoms with Gasteiger partial charge in [0.2, 0.25) is 0 Å². The molecule has 0 fully saturated rings. The summed E-state index contributed by atoms with van der Waals surface area (Å²) in [6.07, 6.45) is 1.74. The maximum Gasteiger partial charge on any atom is 0.189 e. The second-order valence-electron chi connectivity index (χ2n) is 6.33.